The van der Waals surface area contributed by atoms with Gasteiger partial charge in [0.05, 0.1) is 5.56 Å². The summed E-state index contributed by atoms with van der Waals surface area (Å²) in [6, 6.07) is 5.17. The Balaban J connectivity index is 2.69. The Labute approximate surface area is 97.6 Å². The molecular weight excluding hydrogens is 258 g/mol. The third-order valence-electron chi connectivity index (χ3n) is 2.06. The van der Waals surface area contributed by atoms with Gasteiger partial charge in [-0.15, -0.1) is 0 Å². The number of halogens is 1. The van der Waals surface area contributed by atoms with Gasteiger partial charge in [-0.3, -0.25) is 0 Å². The van der Waals surface area contributed by atoms with Crippen molar-refractivity contribution >= 4 is 27.6 Å². The minimum atomic E-state index is -0.915. The van der Waals surface area contributed by atoms with Gasteiger partial charge in [0.2, 0.25) is 0 Å². The number of aromatic carboxylic acids is 1. The molecule has 0 atom stereocenters. The van der Waals surface area contributed by atoms with Crippen LogP contribution in [0.5, 0.6) is 0 Å². The molecule has 0 amide bonds. The van der Waals surface area contributed by atoms with Crippen molar-refractivity contribution in [2.24, 2.45) is 0 Å². The molecule has 4 heteroatoms. The number of hydrogen-bond donors (Lipinski definition) is 2. The van der Waals surface area contributed by atoms with Crippen LogP contribution in [0, 0.1) is 0 Å². The van der Waals surface area contributed by atoms with Crippen LogP contribution in [-0.2, 0) is 0 Å². The fourth-order valence-corrected chi connectivity index (χ4v) is 1.76. The maximum absolute atomic E-state index is 10.7. The number of hydrogen-bond acceptors (Lipinski definition) is 2. The third-order valence-corrected chi connectivity index (χ3v) is 2.72. The van der Waals surface area contributed by atoms with Crippen molar-refractivity contribution < 1.29 is 9.90 Å². The minimum absolute atomic E-state index is 0.288. The van der Waals surface area contributed by atoms with Crippen LogP contribution >= 0.6 is 15.9 Å². The van der Waals surface area contributed by atoms with E-state index in [0.29, 0.717) is 4.47 Å². The molecular formula is C11H14BrNO2. The van der Waals surface area contributed by atoms with E-state index in [4.69, 9.17) is 5.11 Å². The summed E-state index contributed by atoms with van der Waals surface area (Å²) in [5.41, 5.74) is 1.23. The first kappa shape index (κ1) is 12.0. The van der Waals surface area contributed by atoms with Gasteiger partial charge in [0.25, 0.3) is 0 Å². The molecule has 0 spiro atoms. The van der Waals surface area contributed by atoms with Crippen LogP contribution in [0.15, 0.2) is 22.7 Å². The summed E-state index contributed by atoms with van der Waals surface area (Å²) in [6.45, 7) is 3.04. The molecule has 0 radical (unpaired) electrons. The van der Waals surface area contributed by atoms with Crippen molar-refractivity contribution in [2.75, 3.05) is 11.9 Å². The Morgan fingerprint density at radius 2 is 2.27 bits per heavy atom. The van der Waals surface area contributed by atoms with Crippen LogP contribution in [0.2, 0.25) is 0 Å². The number of rotatable bonds is 5. The number of benzene rings is 1. The fraction of sp³-hybridized carbons (Fsp3) is 0.364. The summed E-state index contributed by atoms with van der Waals surface area (Å²) < 4.78 is 0.608. The van der Waals surface area contributed by atoms with Gasteiger partial charge in [0, 0.05) is 16.7 Å². The van der Waals surface area contributed by atoms with Crippen LogP contribution in [0.1, 0.15) is 30.1 Å². The quantitative estimate of drug-likeness (QED) is 0.808. The number of carboxylic acid groups (broad SMARTS) is 1. The lowest BCUT2D eigenvalue weighted by molar-refractivity contribution is 0.0696. The Bertz CT molecular complexity index is 352. The zero-order valence-electron chi connectivity index (χ0n) is 8.59. The van der Waals surface area contributed by atoms with Crippen LogP contribution < -0.4 is 5.32 Å². The molecule has 0 fully saturated rings. The summed E-state index contributed by atoms with van der Waals surface area (Å²) in [5.74, 6) is -0.915. The topological polar surface area (TPSA) is 49.3 Å². The first-order valence-electron chi connectivity index (χ1n) is 4.92. The second kappa shape index (κ2) is 5.75. The molecule has 2 N–H and O–H groups in total. The lowest BCUT2D eigenvalue weighted by atomic mass is 10.2. The van der Waals surface area contributed by atoms with Crippen LogP contribution in [0.4, 0.5) is 5.69 Å². The van der Waals surface area contributed by atoms with Gasteiger partial charge in [-0.2, -0.15) is 0 Å². The first-order chi connectivity index (χ1) is 7.15. The molecule has 0 saturated carbocycles. The highest BCUT2D eigenvalue weighted by atomic mass is 79.9. The Morgan fingerprint density at radius 3 is 2.80 bits per heavy atom. The molecule has 15 heavy (non-hydrogen) atoms. The highest BCUT2D eigenvalue weighted by molar-refractivity contribution is 9.10. The van der Waals surface area contributed by atoms with E-state index in [1.165, 1.54) is 0 Å². The predicted molar refractivity (Wildman–Crippen MR) is 64.5 cm³/mol. The second-order valence-corrected chi connectivity index (χ2v) is 4.13. The van der Waals surface area contributed by atoms with E-state index in [2.05, 4.69) is 28.2 Å². The van der Waals surface area contributed by atoms with Gasteiger partial charge in [-0.05, 0) is 40.5 Å². The summed E-state index contributed by atoms with van der Waals surface area (Å²) in [5, 5.41) is 12.0. The molecule has 0 aliphatic carbocycles. The highest BCUT2D eigenvalue weighted by Crippen LogP contribution is 2.21. The zero-order chi connectivity index (χ0) is 11.3. The lowest BCUT2D eigenvalue weighted by Gasteiger charge is -2.07. The van der Waals surface area contributed by atoms with Crippen LogP contribution in [-0.4, -0.2) is 17.6 Å². The first-order valence-corrected chi connectivity index (χ1v) is 5.71. The number of carbonyl (C=O) groups is 1. The maximum Gasteiger partial charge on any atom is 0.336 e. The molecule has 0 saturated heterocycles. The molecule has 0 unspecified atom stereocenters. The maximum atomic E-state index is 10.7. The normalized spacial score (nSPS) is 10.0. The zero-order valence-corrected chi connectivity index (χ0v) is 10.2. The van der Waals surface area contributed by atoms with Crippen molar-refractivity contribution in [3.05, 3.63) is 28.2 Å². The van der Waals surface area contributed by atoms with Crippen molar-refractivity contribution in [1.29, 1.82) is 0 Å². The van der Waals surface area contributed by atoms with Gasteiger partial charge in [0.15, 0.2) is 0 Å². The lowest BCUT2D eigenvalue weighted by Crippen LogP contribution is -2.02. The molecule has 82 valence electrons. The monoisotopic (exact) mass is 271 g/mol. The minimum Gasteiger partial charge on any atom is -0.478 e. The van der Waals surface area contributed by atoms with Crippen molar-refractivity contribution in [3.8, 4) is 0 Å². The van der Waals surface area contributed by atoms with E-state index in [-0.39, 0.29) is 5.56 Å². The average molecular weight is 272 g/mol. The molecule has 0 aliphatic heterocycles. The second-order valence-electron chi connectivity index (χ2n) is 3.28. The summed E-state index contributed by atoms with van der Waals surface area (Å²) in [4.78, 5) is 10.7. The molecule has 1 aromatic rings. The van der Waals surface area contributed by atoms with Gasteiger partial charge >= 0.3 is 5.97 Å². The predicted octanol–water partition coefficient (Wildman–Crippen LogP) is 3.36. The molecule has 0 aliphatic rings. The van der Waals surface area contributed by atoms with E-state index in [0.717, 1.165) is 25.1 Å². The molecule has 0 bridgehead atoms. The Kier molecular flexibility index (Phi) is 4.62. The number of carboxylic acids is 1. The number of unbranched alkanes of at least 4 members (excludes halogenated alkanes) is 1. The van der Waals surface area contributed by atoms with Gasteiger partial charge in [-0.25, -0.2) is 4.79 Å². The standard InChI is InChI=1S/C11H14BrNO2/c1-2-3-6-13-8-4-5-9(11(14)15)10(12)7-8/h4-5,7,13H,2-3,6H2,1H3,(H,14,15). The van der Waals surface area contributed by atoms with Crippen LogP contribution in [0.25, 0.3) is 0 Å². The molecule has 1 aromatic carbocycles. The smallest absolute Gasteiger partial charge is 0.336 e. The SMILES string of the molecule is CCCCNc1ccc(C(=O)O)c(Br)c1. The number of anilines is 1. The van der Waals surface area contributed by atoms with Gasteiger partial charge < -0.3 is 10.4 Å². The van der Waals surface area contributed by atoms with Gasteiger partial charge in [0.1, 0.15) is 0 Å². The van der Waals surface area contributed by atoms with E-state index in [1.54, 1.807) is 18.2 Å². The summed E-state index contributed by atoms with van der Waals surface area (Å²) in [7, 11) is 0. The van der Waals surface area contributed by atoms with Crippen molar-refractivity contribution in [3.63, 3.8) is 0 Å². The fourth-order valence-electron chi connectivity index (χ4n) is 1.21. The van der Waals surface area contributed by atoms with E-state index >= 15 is 0 Å². The summed E-state index contributed by atoms with van der Waals surface area (Å²) >= 11 is 3.24. The molecule has 3 nitrogen and oxygen atoms in total. The van der Waals surface area contributed by atoms with Crippen molar-refractivity contribution in [1.82, 2.24) is 0 Å². The summed E-state index contributed by atoms with van der Waals surface area (Å²) in [6.07, 6.45) is 2.25. The average Bonchev–Trinajstić information content (AvgIpc) is 2.17. The number of nitrogens with one attached hydrogen (secondary N) is 1. The molecule has 0 heterocycles. The molecule has 0 aromatic heterocycles. The largest absolute Gasteiger partial charge is 0.478 e. The van der Waals surface area contributed by atoms with Gasteiger partial charge in [-0.1, -0.05) is 13.3 Å². The third kappa shape index (κ3) is 3.55. The van der Waals surface area contributed by atoms with E-state index in [9.17, 15) is 4.79 Å². The van der Waals surface area contributed by atoms with E-state index in [1.807, 2.05) is 0 Å². The van der Waals surface area contributed by atoms with Crippen LogP contribution in [0.3, 0.4) is 0 Å². The Morgan fingerprint density at radius 1 is 1.53 bits per heavy atom. The Hall–Kier alpha value is -1.03. The molecule has 1 rings (SSSR count). The van der Waals surface area contributed by atoms with E-state index < -0.39 is 5.97 Å². The highest BCUT2D eigenvalue weighted by Gasteiger charge is 2.07. The van der Waals surface area contributed by atoms with Crippen molar-refractivity contribution in [2.45, 2.75) is 19.8 Å².